The molecule has 1 aromatic heterocycles. The first-order valence-corrected chi connectivity index (χ1v) is 11.5. The lowest BCUT2D eigenvalue weighted by atomic mass is 10.2. The van der Waals surface area contributed by atoms with Crippen molar-refractivity contribution in [3.05, 3.63) is 32.6 Å². The highest BCUT2D eigenvalue weighted by Crippen LogP contribution is 2.55. The lowest BCUT2D eigenvalue weighted by Gasteiger charge is -2.21. The number of esters is 1. The number of rotatable bonds is 10. The monoisotopic (exact) mass is 481 g/mol. The van der Waals surface area contributed by atoms with E-state index in [1.165, 1.54) is 20.0 Å². The Morgan fingerprint density at radius 1 is 1.45 bits per heavy atom. The quantitative estimate of drug-likeness (QED) is 0.236. The minimum atomic E-state index is -4.96. The van der Waals surface area contributed by atoms with E-state index in [9.17, 15) is 18.9 Å². The van der Waals surface area contributed by atoms with Crippen molar-refractivity contribution in [1.82, 2.24) is 9.55 Å². The van der Waals surface area contributed by atoms with Gasteiger partial charge in [0.1, 0.15) is 18.4 Å². The molecule has 16 heteroatoms. The molecule has 172 valence electrons. The maximum atomic E-state index is 12.1. The minimum absolute atomic E-state index is 0.0472. The van der Waals surface area contributed by atoms with Crippen LogP contribution in [-0.2, 0) is 32.2 Å². The second-order valence-electron chi connectivity index (χ2n) is 6.32. The Balaban J connectivity index is 2.14. The summed E-state index contributed by atoms with van der Waals surface area (Å²) in [4.78, 5) is 55.3. The number of carbonyl (C=O) groups excluding carboxylic acids is 1. The molecular formula is C15H21N3O11P2. The summed E-state index contributed by atoms with van der Waals surface area (Å²) < 4.78 is 37.9. The highest BCUT2D eigenvalue weighted by molar-refractivity contribution is 7.58. The van der Waals surface area contributed by atoms with Crippen LogP contribution in [0.15, 0.2) is 15.8 Å². The van der Waals surface area contributed by atoms with Crippen LogP contribution in [0.25, 0.3) is 0 Å². The molecule has 0 spiro atoms. The van der Waals surface area contributed by atoms with Crippen LogP contribution in [0.5, 0.6) is 0 Å². The number of carbonyl (C=O) groups is 1. The smallest absolute Gasteiger partial charge is 0.460 e. The summed E-state index contributed by atoms with van der Waals surface area (Å²) in [6, 6.07) is 1.79. The second-order valence-corrected chi connectivity index (χ2v) is 8.92. The van der Waals surface area contributed by atoms with Gasteiger partial charge in [-0.05, 0) is 6.92 Å². The van der Waals surface area contributed by atoms with Crippen LogP contribution in [0.3, 0.4) is 0 Å². The van der Waals surface area contributed by atoms with Crippen LogP contribution in [0.1, 0.15) is 31.6 Å². The Labute approximate surface area is 176 Å². The fourth-order valence-electron chi connectivity index (χ4n) is 2.63. The van der Waals surface area contributed by atoms with Crippen LogP contribution in [-0.4, -0.2) is 50.7 Å². The van der Waals surface area contributed by atoms with Gasteiger partial charge in [0.25, 0.3) is 5.56 Å². The predicted molar refractivity (Wildman–Crippen MR) is 102 cm³/mol. The molecule has 2 rings (SSSR count). The highest BCUT2D eigenvalue weighted by atomic mass is 31.3. The molecule has 14 nitrogen and oxygen atoms in total. The average molecular weight is 481 g/mol. The number of aryl methyl sites for hydroxylation is 1. The minimum Gasteiger partial charge on any atom is -0.460 e. The fraction of sp³-hybridized carbons (Fsp3) is 0.600. The van der Waals surface area contributed by atoms with Gasteiger partial charge in [-0.25, -0.2) is 13.7 Å². The normalized spacial score (nSPS) is 22.1. The van der Waals surface area contributed by atoms with E-state index < -0.39 is 52.1 Å². The van der Waals surface area contributed by atoms with Crippen LogP contribution >= 0.6 is 16.4 Å². The van der Waals surface area contributed by atoms with Gasteiger partial charge in [-0.15, -0.1) is 0 Å². The van der Waals surface area contributed by atoms with Crippen LogP contribution in [0.2, 0.25) is 0 Å². The maximum absolute atomic E-state index is 12.1. The number of nitriles is 1. The van der Waals surface area contributed by atoms with Crippen molar-refractivity contribution in [2.45, 2.75) is 45.1 Å². The van der Waals surface area contributed by atoms with E-state index in [1.807, 2.05) is 0 Å². The van der Waals surface area contributed by atoms with Gasteiger partial charge in [0.05, 0.1) is 25.7 Å². The van der Waals surface area contributed by atoms with Crippen LogP contribution < -0.4 is 11.2 Å². The molecule has 0 bridgehead atoms. The largest absolute Gasteiger partial charge is 0.476 e. The number of hydrogen-bond acceptors (Lipinski definition) is 10. The van der Waals surface area contributed by atoms with Crippen molar-refractivity contribution in [3.8, 4) is 6.07 Å². The lowest BCUT2D eigenvalue weighted by Crippen LogP contribution is -2.33. The first kappa shape index (κ1) is 25.3. The van der Waals surface area contributed by atoms with Crippen molar-refractivity contribution >= 4 is 22.4 Å². The molecule has 0 aliphatic carbocycles. The summed E-state index contributed by atoms with van der Waals surface area (Å²) in [7, 11) is -7.51. The maximum Gasteiger partial charge on any atom is 0.476 e. The van der Waals surface area contributed by atoms with Gasteiger partial charge in [0.15, 0.2) is 0 Å². The van der Waals surface area contributed by atoms with E-state index >= 15 is 0 Å². The molecular weight excluding hydrogens is 460 g/mol. The predicted octanol–water partition coefficient (Wildman–Crippen LogP) is 0.347. The average Bonchev–Trinajstić information content (AvgIpc) is 3.03. The number of phosphoric acid groups is 1. The zero-order valence-corrected chi connectivity index (χ0v) is 18.3. The zero-order chi connectivity index (χ0) is 23.2. The number of H-pyrrole nitrogens is 1. The fourth-order valence-corrected chi connectivity index (χ4v) is 4.29. The summed E-state index contributed by atoms with van der Waals surface area (Å²) >= 11 is 0. The molecule has 1 fully saturated rings. The molecule has 0 saturated carbocycles. The molecule has 4 atom stereocenters. The third kappa shape index (κ3) is 7.92. The Bertz CT molecular complexity index is 982. The van der Waals surface area contributed by atoms with Crippen molar-refractivity contribution in [3.63, 3.8) is 0 Å². The summed E-state index contributed by atoms with van der Waals surface area (Å²) in [6.45, 7) is 2.11. The third-order valence-electron chi connectivity index (χ3n) is 3.88. The van der Waals surface area contributed by atoms with Gasteiger partial charge >= 0.3 is 28.1 Å². The Morgan fingerprint density at radius 3 is 2.77 bits per heavy atom. The van der Waals surface area contributed by atoms with Gasteiger partial charge in [-0.2, -0.15) is 5.26 Å². The number of ether oxygens (including phenoxy) is 2. The van der Waals surface area contributed by atoms with E-state index in [4.69, 9.17) is 33.6 Å². The molecule has 0 amide bonds. The summed E-state index contributed by atoms with van der Waals surface area (Å²) in [5.41, 5.74) is -1.02. The number of aromatic amines is 1. The molecule has 1 saturated heterocycles. The number of hydrogen-bond donors (Lipinski definition) is 3. The van der Waals surface area contributed by atoms with Gasteiger partial charge in [-0.3, -0.25) is 19.1 Å². The number of aromatic nitrogens is 2. The Morgan fingerprint density at radius 2 is 2.16 bits per heavy atom. The molecule has 0 aromatic carbocycles. The molecule has 1 unspecified atom stereocenters. The van der Waals surface area contributed by atoms with E-state index in [-0.39, 0.29) is 31.6 Å². The van der Waals surface area contributed by atoms with Crippen molar-refractivity contribution in [1.29, 1.82) is 5.26 Å². The van der Waals surface area contributed by atoms with Crippen molar-refractivity contribution in [2.75, 3.05) is 13.2 Å². The molecule has 31 heavy (non-hydrogen) atoms. The summed E-state index contributed by atoms with van der Waals surface area (Å²) in [6.07, 6.45) is -1.44. The van der Waals surface area contributed by atoms with E-state index in [2.05, 4.69) is 9.29 Å². The molecule has 1 aliphatic heterocycles. The van der Waals surface area contributed by atoms with Gasteiger partial charge in [0.2, 0.25) is 0 Å². The topological polar surface area (TPSA) is 199 Å². The molecule has 3 N–H and O–H groups in total. The Kier molecular flexibility index (Phi) is 9.05. The van der Waals surface area contributed by atoms with Gasteiger partial charge in [-0.1, -0.05) is 0 Å². The SMILES string of the molecule is CC(=O)O[C@H]1C[C@H](n2cc(C)c(=O)[nH]c2=O)O[C@@H]1COP(OCCC#N)OP(=O)(O)O. The van der Waals surface area contributed by atoms with Crippen LogP contribution in [0, 0.1) is 18.3 Å². The van der Waals surface area contributed by atoms with Gasteiger partial charge in [0, 0.05) is 25.1 Å². The lowest BCUT2D eigenvalue weighted by molar-refractivity contribution is -0.150. The number of nitrogens with zero attached hydrogens (tertiary/aromatic N) is 2. The van der Waals surface area contributed by atoms with Crippen molar-refractivity contribution < 1.29 is 42.0 Å². The van der Waals surface area contributed by atoms with Crippen molar-refractivity contribution in [2.24, 2.45) is 0 Å². The summed E-state index contributed by atoms with van der Waals surface area (Å²) in [5, 5.41) is 8.55. The molecule has 2 heterocycles. The van der Waals surface area contributed by atoms with Crippen LogP contribution in [0.4, 0.5) is 0 Å². The van der Waals surface area contributed by atoms with E-state index in [1.54, 1.807) is 6.07 Å². The zero-order valence-electron chi connectivity index (χ0n) is 16.5. The van der Waals surface area contributed by atoms with Gasteiger partial charge < -0.3 is 28.3 Å². The highest BCUT2D eigenvalue weighted by Gasteiger charge is 2.40. The molecule has 1 aromatic rings. The van der Waals surface area contributed by atoms with E-state index in [0.717, 1.165) is 4.57 Å². The molecule has 0 radical (unpaired) electrons. The third-order valence-corrected chi connectivity index (χ3v) is 6.02. The molecule has 1 aliphatic rings. The first-order valence-electron chi connectivity index (χ1n) is 8.83. The number of nitrogens with one attached hydrogen (secondary N) is 1. The second kappa shape index (κ2) is 11.1. The van der Waals surface area contributed by atoms with E-state index in [0.29, 0.717) is 0 Å². The Hall–Kier alpha value is -1.94. The standard InChI is InChI=1S/C15H21N3O11P2/c1-9-7-18(15(21)17-14(9)20)13-6-11(27-10(2)19)12(28-13)8-26-30(25-5-3-4-16)29-31(22,23)24/h7,11-13H,3,5-6,8H2,1-2H3,(H,17,20,21)(H2,22,23,24)/t11-,12+,13+,30?/m0/s1. The summed E-state index contributed by atoms with van der Waals surface area (Å²) in [5.74, 6) is -0.622. The first-order chi connectivity index (χ1) is 14.5.